The number of aliphatic imine (C=N–C) groups is 1. The maximum Gasteiger partial charge on any atom is 0.191 e. The number of hydrogen-bond acceptors (Lipinski definition) is 3. The van der Waals surface area contributed by atoms with E-state index in [1.807, 2.05) is 26.8 Å². The minimum absolute atomic E-state index is 0. The maximum absolute atomic E-state index is 13.1. The fourth-order valence-corrected chi connectivity index (χ4v) is 3.25. The van der Waals surface area contributed by atoms with Gasteiger partial charge in [0.05, 0.1) is 17.2 Å². The summed E-state index contributed by atoms with van der Waals surface area (Å²) in [5, 5.41) is 7.66. The number of aromatic nitrogens is 1. The molecule has 0 spiro atoms. The Morgan fingerprint density at radius 1 is 1.25 bits per heavy atom. The molecule has 0 aliphatic heterocycles. The van der Waals surface area contributed by atoms with E-state index in [-0.39, 0.29) is 29.8 Å². The molecule has 7 heteroatoms. The number of nitrogens with one attached hydrogen (secondary N) is 2. The van der Waals surface area contributed by atoms with Crippen LogP contribution in [0, 0.1) is 26.6 Å². The van der Waals surface area contributed by atoms with Crippen LogP contribution in [0.5, 0.6) is 0 Å². The second-order valence-electron chi connectivity index (χ2n) is 5.41. The van der Waals surface area contributed by atoms with E-state index in [9.17, 15) is 4.39 Å². The van der Waals surface area contributed by atoms with E-state index in [1.165, 1.54) is 10.9 Å². The number of thiazole rings is 1. The van der Waals surface area contributed by atoms with E-state index < -0.39 is 0 Å². The van der Waals surface area contributed by atoms with Crippen LogP contribution in [0.1, 0.15) is 26.7 Å². The molecule has 2 rings (SSSR count). The van der Waals surface area contributed by atoms with E-state index >= 15 is 0 Å². The van der Waals surface area contributed by atoms with Crippen molar-refractivity contribution in [3.05, 3.63) is 50.7 Å². The first-order chi connectivity index (χ1) is 11.0. The summed E-state index contributed by atoms with van der Waals surface area (Å²) in [5.74, 6) is 0.571. The molecule has 132 valence electrons. The molecule has 0 unspecified atom stereocenters. The zero-order valence-corrected chi connectivity index (χ0v) is 17.6. The fraction of sp³-hybridized carbons (Fsp3) is 0.412. The van der Waals surface area contributed by atoms with Crippen LogP contribution in [-0.2, 0) is 13.0 Å². The monoisotopic (exact) mass is 462 g/mol. The average molecular weight is 462 g/mol. The molecule has 24 heavy (non-hydrogen) atoms. The molecule has 0 bridgehead atoms. The highest BCUT2D eigenvalue weighted by Crippen LogP contribution is 2.16. The molecule has 2 N–H and O–H groups in total. The second kappa shape index (κ2) is 9.93. The zero-order chi connectivity index (χ0) is 16.8. The van der Waals surface area contributed by atoms with Crippen molar-refractivity contribution in [3.8, 4) is 0 Å². The van der Waals surface area contributed by atoms with Gasteiger partial charge in [-0.15, -0.1) is 35.3 Å². The van der Waals surface area contributed by atoms with Crippen molar-refractivity contribution in [1.82, 2.24) is 15.6 Å². The molecule has 1 aromatic heterocycles. The number of hydrogen-bond donors (Lipinski definition) is 2. The van der Waals surface area contributed by atoms with Gasteiger partial charge in [-0.2, -0.15) is 0 Å². The molecule has 0 saturated heterocycles. The molecular formula is C17H24FIN4S. The van der Waals surface area contributed by atoms with Crippen LogP contribution in [0.2, 0.25) is 0 Å². The topological polar surface area (TPSA) is 49.3 Å². The van der Waals surface area contributed by atoms with Gasteiger partial charge in [0.1, 0.15) is 5.82 Å². The van der Waals surface area contributed by atoms with Crippen molar-refractivity contribution < 1.29 is 4.39 Å². The number of nitrogens with zero attached hydrogens (tertiary/aromatic N) is 2. The second-order valence-corrected chi connectivity index (χ2v) is 6.70. The smallest absolute Gasteiger partial charge is 0.191 e. The Balaban J connectivity index is 0.00000288. The van der Waals surface area contributed by atoms with Gasteiger partial charge in [0, 0.05) is 18.5 Å². The lowest BCUT2D eigenvalue weighted by molar-refractivity contribution is 0.625. The van der Waals surface area contributed by atoms with Crippen molar-refractivity contribution in [1.29, 1.82) is 0 Å². The molecular weight excluding hydrogens is 438 g/mol. The molecule has 4 nitrogen and oxygen atoms in total. The summed E-state index contributed by atoms with van der Waals surface area (Å²) in [7, 11) is 1.75. The van der Waals surface area contributed by atoms with Gasteiger partial charge in [0.15, 0.2) is 5.96 Å². The van der Waals surface area contributed by atoms with Crippen LogP contribution in [0.3, 0.4) is 0 Å². The van der Waals surface area contributed by atoms with E-state index in [4.69, 9.17) is 0 Å². The highest BCUT2D eigenvalue weighted by Gasteiger charge is 2.06. The van der Waals surface area contributed by atoms with Crippen LogP contribution in [-0.4, -0.2) is 24.5 Å². The van der Waals surface area contributed by atoms with Gasteiger partial charge in [-0.25, -0.2) is 9.37 Å². The minimum Gasteiger partial charge on any atom is -0.356 e. The van der Waals surface area contributed by atoms with Crippen LogP contribution in [0.4, 0.5) is 4.39 Å². The third-order valence-corrected chi connectivity index (χ3v) is 4.70. The molecule has 0 aliphatic carbocycles. The normalized spacial score (nSPS) is 11.1. The van der Waals surface area contributed by atoms with E-state index in [1.54, 1.807) is 24.5 Å². The predicted molar refractivity (Wildman–Crippen MR) is 110 cm³/mol. The summed E-state index contributed by atoms with van der Waals surface area (Å²) in [5.41, 5.74) is 3.19. The molecule has 0 amide bonds. The van der Waals surface area contributed by atoms with Crippen LogP contribution in [0.15, 0.2) is 23.2 Å². The van der Waals surface area contributed by atoms with Gasteiger partial charge in [-0.1, -0.05) is 6.07 Å². The molecule has 0 aliphatic rings. The van der Waals surface area contributed by atoms with Crippen LogP contribution >= 0.6 is 35.3 Å². The van der Waals surface area contributed by atoms with Crippen LogP contribution in [0.25, 0.3) is 0 Å². The first-order valence-electron chi connectivity index (χ1n) is 7.62. The SMILES string of the molecule is CN=C(NCCc1ccc(F)cc1C)NCc1sc(C)nc1C.I. The summed E-state index contributed by atoms with van der Waals surface area (Å²) in [4.78, 5) is 9.87. The van der Waals surface area contributed by atoms with Gasteiger partial charge in [-0.05, 0) is 50.5 Å². The third-order valence-electron chi connectivity index (χ3n) is 3.63. The van der Waals surface area contributed by atoms with Crippen LogP contribution < -0.4 is 10.6 Å². The summed E-state index contributed by atoms with van der Waals surface area (Å²) < 4.78 is 13.1. The van der Waals surface area contributed by atoms with Gasteiger partial charge >= 0.3 is 0 Å². The average Bonchev–Trinajstić information content (AvgIpc) is 2.82. The fourth-order valence-electron chi connectivity index (χ4n) is 2.38. The first kappa shape index (κ1) is 20.8. The molecule has 0 radical (unpaired) electrons. The van der Waals surface area contributed by atoms with Gasteiger partial charge in [0.25, 0.3) is 0 Å². The van der Waals surface area contributed by atoms with Gasteiger partial charge in [-0.3, -0.25) is 4.99 Å². The van der Waals surface area contributed by atoms with Crippen molar-refractivity contribution >= 4 is 41.3 Å². The summed E-state index contributed by atoms with van der Waals surface area (Å²) in [6.45, 7) is 7.42. The maximum atomic E-state index is 13.1. The lowest BCUT2D eigenvalue weighted by Gasteiger charge is -2.12. The highest BCUT2D eigenvalue weighted by molar-refractivity contribution is 14.0. The summed E-state index contributed by atoms with van der Waals surface area (Å²) in [6, 6.07) is 4.91. The largest absolute Gasteiger partial charge is 0.356 e. The summed E-state index contributed by atoms with van der Waals surface area (Å²) >= 11 is 1.70. The Hall–Kier alpha value is -1.22. The van der Waals surface area contributed by atoms with Crippen molar-refractivity contribution in [2.45, 2.75) is 33.7 Å². The number of rotatable bonds is 5. The zero-order valence-electron chi connectivity index (χ0n) is 14.4. The molecule has 1 heterocycles. The highest BCUT2D eigenvalue weighted by atomic mass is 127. The first-order valence-corrected chi connectivity index (χ1v) is 8.43. The van der Waals surface area contributed by atoms with E-state index in [0.29, 0.717) is 6.54 Å². The number of aryl methyl sites for hydroxylation is 3. The minimum atomic E-state index is -0.188. The molecule has 1 aromatic carbocycles. The van der Waals surface area contributed by atoms with Gasteiger partial charge < -0.3 is 10.6 Å². The Kier molecular flexibility index (Phi) is 8.61. The quantitative estimate of drug-likeness (QED) is 0.405. The third kappa shape index (κ3) is 6.01. The van der Waals surface area contributed by atoms with E-state index in [2.05, 4.69) is 20.6 Å². The predicted octanol–water partition coefficient (Wildman–Crippen LogP) is 3.73. The van der Waals surface area contributed by atoms with E-state index in [0.717, 1.165) is 40.8 Å². The lowest BCUT2D eigenvalue weighted by atomic mass is 10.1. The number of benzene rings is 1. The standard InChI is InChI=1S/C17H23FN4S.HI/c1-11-9-15(18)6-5-14(11)7-8-20-17(19-4)21-10-16-12(2)22-13(3)23-16;/h5-6,9H,7-8,10H2,1-4H3,(H2,19,20,21);1H. The molecule has 2 aromatic rings. The Morgan fingerprint density at radius 2 is 2.00 bits per heavy atom. The summed E-state index contributed by atoms with van der Waals surface area (Å²) in [6.07, 6.45) is 0.825. The molecule has 0 atom stereocenters. The van der Waals surface area contributed by atoms with Crippen molar-refractivity contribution in [2.75, 3.05) is 13.6 Å². The van der Waals surface area contributed by atoms with Crippen molar-refractivity contribution in [3.63, 3.8) is 0 Å². The molecule has 0 fully saturated rings. The Bertz CT molecular complexity index is 700. The van der Waals surface area contributed by atoms with Crippen molar-refractivity contribution in [2.24, 2.45) is 4.99 Å². The Labute approximate surface area is 164 Å². The molecule has 0 saturated carbocycles. The van der Waals surface area contributed by atoms with Gasteiger partial charge in [0.2, 0.25) is 0 Å². The number of guanidine groups is 1. The number of halogens is 2. The Morgan fingerprint density at radius 3 is 2.58 bits per heavy atom. The lowest BCUT2D eigenvalue weighted by Crippen LogP contribution is -2.37.